The lowest BCUT2D eigenvalue weighted by Crippen LogP contribution is -2.23. The molecule has 146 valence electrons. The Morgan fingerprint density at radius 3 is 2.66 bits per heavy atom. The van der Waals surface area contributed by atoms with Crippen LogP contribution in [0.2, 0.25) is 0 Å². The summed E-state index contributed by atoms with van der Waals surface area (Å²) in [6, 6.07) is 19.2. The van der Waals surface area contributed by atoms with Crippen LogP contribution in [0, 0.1) is 0 Å². The van der Waals surface area contributed by atoms with Gasteiger partial charge >= 0.3 is 0 Å². The van der Waals surface area contributed by atoms with E-state index in [0.717, 1.165) is 46.7 Å². The number of pyridine rings is 1. The lowest BCUT2D eigenvalue weighted by molar-refractivity contribution is -0.120. The van der Waals surface area contributed by atoms with Crippen LogP contribution in [0.5, 0.6) is 11.5 Å². The molecule has 29 heavy (non-hydrogen) atoms. The van der Waals surface area contributed by atoms with Gasteiger partial charge in [-0.3, -0.25) is 9.78 Å². The first-order chi connectivity index (χ1) is 14.2. The number of benzene rings is 2. The van der Waals surface area contributed by atoms with Crippen molar-refractivity contribution in [3.8, 4) is 22.8 Å². The van der Waals surface area contributed by atoms with Gasteiger partial charge in [0.15, 0.2) is 11.5 Å². The lowest BCUT2D eigenvalue weighted by Gasteiger charge is -2.15. The molecule has 3 aromatic rings. The highest BCUT2D eigenvalue weighted by Crippen LogP contribution is 2.51. The molecule has 0 radical (unpaired) electrons. The molecule has 1 N–H and O–H groups in total. The Morgan fingerprint density at radius 1 is 1.00 bits per heavy atom. The molecule has 0 bridgehead atoms. The first kappa shape index (κ1) is 17.9. The third kappa shape index (κ3) is 3.28. The van der Waals surface area contributed by atoms with E-state index in [1.165, 1.54) is 0 Å². The van der Waals surface area contributed by atoms with Crippen LogP contribution in [0.1, 0.15) is 29.7 Å². The molecule has 1 saturated carbocycles. The fraction of sp³-hybridized carbons (Fsp3) is 0.250. The standard InChI is InChI=1S/C24H21NO4/c26-14-16-3-1-4-17(11-16)20-6-2-5-19(25-20)13-23(27)24(9-10-24)18-7-8-21-22(12-18)29-15-28-21/h1-8,11-12,26H,9-10,13-15H2. The van der Waals surface area contributed by atoms with Gasteiger partial charge in [0.25, 0.3) is 0 Å². The van der Waals surface area contributed by atoms with Crippen molar-refractivity contribution >= 4 is 5.78 Å². The molecular formula is C24H21NO4. The maximum Gasteiger partial charge on any atom is 0.231 e. The molecular weight excluding hydrogens is 366 g/mol. The number of Topliss-reactive ketones (excluding diaryl/α,β-unsaturated/α-hetero) is 1. The van der Waals surface area contributed by atoms with Crippen LogP contribution in [0.4, 0.5) is 0 Å². The van der Waals surface area contributed by atoms with Crippen LogP contribution in [-0.4, -0.2) is 22.7 Å². The number of ketones is 1. The van der Waals surface area contributed by atoms with Gasteiger partial charge < -0.3 is 14.6 Å². The zero-order valence-electron chi connectivity index (χ0n) is 15.9. The van der Waals surface area contributed by atoms with E-state index >= 15 is 0 Å². The van der Waals surface area contributed by atoms with Gasteiger partial charge in [-0.1, -0.05) is 30.3 Å². The summed E-state index contributed by atoms with van der Waals surface area (Å²) >= 11 is 0. The first-order valence-corrected chi connectivity index (χ1v) is 9.77. The molecule has 1 fully saturated rings. The third-order valence-electron chi connectivity index (χ3n) is 5.76. The Bertz CT molecular complexity index is 1090. The van der Waals surface area contributed by atoms with Crippen molar-refractivity contribution in [2.45, 2.75) is 31.3 Å². The number of hydrogen-bond acceptors (Lipinski definition) is 5. The summed E-state index contributed by atoms with van der Waals surface area (Å²) in [4.78, 5) is 17.9. The predicted molar refractivity (Wildman–Crippen MR) is 108 cm³/mol. The summed E-state index contributed by atoms with van der Waals surface area (Å²) < 4.78 is 10.9. The van der Waals surface area contributed by atoms with E-state index in [2.05, 4.69) is 0 Å². The number of nitrogens with zero attached hydrogens (tertiary/aromatic N) is 1. The van der Waals surface area contributed by atoms with E-state index in [1.54, 1.807) is 0 Å². The number of carbonyl (C=O) groups is 1. The molecule has 0 amide bonds. The van der Waals surface area contributed by atoms with Crippen LogP contribution < -0.4 is 9.47 Å². The highest BCUT2D eigenvalue weighted by molar-refractivity contribution is 5.94. The van der Waals surface area contributed by atoms with E-state index in [-0.39, 0.29) is 19.2 Å². The smallest absolute Gasteiger partial charge is 0.231 e. The summed E-state index contributed by atoms with van der Waals surface area (Å²) in [6.45, 7) is 0.220. The third-order valence-corrected chi connectivity index (χ3v) is 5.76. The Balaban J connectivity index is 1.38. The number of rotatable bonds is 6. The zero-order valence-corrected chi connectivity index (χ0v) is 15.9. The second kappa shape index (κ2) is 7.01. The van der Waals surface area contributed by atoms with Crippen molar-refractivity contribution in [3.63, 3.8) is 0 Å². The summed E-state index contributed by atoms with van der Waals surface area (Å²) in [5.41, 5.74) is 3.90. The molecule has 2 aromatic carbocycles. The predicted octanol–water partition coefficient (Wildman–Crippen LogP) is 3.81. The fourth-order valence-electron chi connectivity index (χ4n) is 3.95. The molecule has 5 heteroatoms. The van der Waals surface area contributed by atoms with Crippen molar-refractivity contribution in [2.24, 2.45) is 0 Å². The summed E-state index contributed by atoms with van der Waals surface area (Å²) in [6.07, 6.45) is 2.00. The van der Waals surface area contributed by atoms with Crippen LogP contribution >= 0.6 is 0 Å². The minimum atomic E-state index is -0.435. The first-order valence-electron chi connectivity index (χ1n) is 9.77. The summed E-state index contributed by atoms with van der Waals surface area (Å²) in [7, 11) is 0. The van der Waals surface area contributed by atoms with Crippen LogP contribution in [-0.2, 0) is 23.2 Å². The fourth-order valence-corrected chi connectivity index (χ4v) is 3.95. The number of aliphatic hydroxyl groups excluding tert-OH is 1. The minimum Gasteiger partial charge on any atom is -0.454 e. The molecule has 2 heterocycles. The topological polar surface area (TPSA) is 68.7 Å². The number of aromatic nitrogens is 1. The minimum absolute atomic E-state index is 0.00985. The molecule has 5 nitrogen and oxygen atoms in total. The molecule has 0 saturated heterocycles. The zero-order chi connectivity index (χ0) is 19.8. The Kier molecular flexibility index (Phi) is 4.32. The van der Waals surface area contributed by atoms with Gasteiger partial charge in [0.1, 0.15) is 5.78 Å². The number of aliphatic hydroxyl groups is 1. The maximum absolute atomic E-state index is 13.2. The van der Waals surface area contributed by atoms with E-state index in [0.29, 0.717) is 12.2 Å². The largest absolute Gasteiger partial charge is 0.454 e. The SMILES string of the molecule is O=C(Cc1cccc(-c2cccc(CO)c2)n1)C1(c2ccc3c(c2)OCO3)CC1. The van der Waals surface area contributed by atoms with Gasteiger partial charge in [-0.15, -0.1) is 0 Å². The maximum atomic E-state index is 13.2. The van der Waals surface area contributed by atoms with Crippen LogP contribution in [0.25, 0.3) is 11.3 Å². The average molecular weight is 387 g/mol. The van der Waals surface area contributed by atoms with Crippen molar-refractivity contribution in [2.75, 3.05) is 6.79 Å². The van der Waals surface area contributed by atoms with Gasteiger partial charge in [0.2, 0.25) is 6.79 Å². The van der Waals surface area contributed by atoms with Crippen LogP contribution in [0.15, 0.2) is 60.7 Å². The Hall–Kier alpha value is -3.18. The number of fused-ring (bicyclic) bond motifs is 1. The average Bonchev–Trinajstić information content (AvgIpc) is 3.45. The number of ether oxygens (including phenoxy) is 2. The molecule has 5 rings (SSSR count). The summed E-state index contributed by atoms with van der Waals surface area (Å²) in [5.74, 6) is 1.63. The number of carbonyl (C=O) groups excluding carboxylic acids is 1. The second-order valence-corrected chi connectivity index (χ2v) is 7.62. The highest BCUT2D eigenvalue weighted by Gasteiger charge is 2.50. The molecule has 0 unspecified atom stereocenters. The van der Waals surface area contributed by atoms with E-state index in [1.807, 2.05) is 60.7 Å². The number of hydrogen-bond donors (Lipinski definition) is 1. The quantitative estimate of drug-likeness (QED) is 0.697. The van der Waals surface area contributed by atoms with Crippen molar-refractivity contribution in [1.29, 1.82) is 0 Å². The molecule has 1 aromatic heterocycles. The monoisotopic (exact) mass is 387 g/mol. The van der Waals surface area contributed by atoms with E-state index in [9.17, 15) is 9.90 Å². The van der Waals surface area contributed by atoms with Crippen molar-refractivity contribution < 1.29 is 19.4 Å². The molecule has 2 aliphatic rings. The van der Waals surface area contributed by atoms with Gasteiger partial charge in [-0.05, 0) is 54.3 Å². The Labute approximate surface area is 168 Å². The summed E-state index contributed by atoms with van der Waals surface area (Å²) in [5, 5.41) is 9.36. The van der Waals surface area contributed by atoms with Crippen molar-refractivity contribution in [1.82, 2.24) is 4.98 Å². The van der Waals surface area contributed by atoms with Gasteiger partial charge in [-0.25, -0.2) is 0 Å². The van der Waals surface area contributed by atoms with Gasteiger partial charge in [-0.2, -0.15) is 0 Å². The second-order valence-electron chi connectivity index (χ2n) is 7.62. The Morgan fingerprint density at radius 2 is 1.83 bits per heavy atom. The normalized spacial score (nSPS) is 15.9. The molecule has 1 aliphatic heterocycles. The molecule has 0 atom stereocenters. The van der Waals surface area contributed by atoms with Gasteiger partial charge in [0.05, 0.1) is 17.7 Å². The van der Waals surface area contributed by atoms with E-state index in [4.69, 9.17) is 14.5 Å². The lowest BCUT2D eigenvalue weighted by atomic mass is 9.88. The van der Waals surface area contributed by atoms with Crippen molar-refractivity contribution in [3.05, 3.63) is 77.5 Å². The van der Waals surface area contributed by atoms with Gasteiger partial charge in [0, 0.05) is 17.7 Å². The molecule has 1 aliphatic carbocycles. The highest BCUT2D eigenvalue weighted by atomic mass is 16.7. The van der Waals surface area contributed by atoms with Crippen LogP contribution in [0.3, 0.4) is 0 Å². The van der Waals surface area contributed by atoms with E-state index < -0.39 is 5.41 Å². The molecule has 0 spiro atoms.